The third-order valence-electron chi connectivity index (χ3n) is 3.46. The molecule has 0 heterocycles. The molecule has 116 valence electrons. The highest BCUT2D eigenvalue weighted by molar-refractivity contribution is 5.34. The summed E-state index contributed by atoms with van der Waals surface area (Å²) in [7, 11) is 0. The van der Waals surface area contributed by atoms with Gasteiger partial charge >= 0.3 is 0 Å². The Morgan fingerprint density at radius 3 is 2.29 bits per heavy atom. The smallest absolute Gasteiger partial charge is 0.143 e. The molecular weight excluding hydrogens is 264 g/mol. The standard InChI is InChI=1S/C18H26O3/c1-2-3-4-5-9-12-16(19)18(21)17(20)14-13-15-10-7-6-8-11-15/h6-8,10-11,16-21H,2-5,9,12H2,1H3. The molecule has 0 aliphatic rings. The van der Waals surface area contributed by atoms with Gasteiger partial charge in [0, 0.05) is 5.56 Å². The minimum atomic E-state index is -1.23. The molecule has 0 radical (unpaired) electrons. The van der Waals surface area contributed by atoms with Gasteiger partial charge in [-0.05, 0) is 18.6 Å². The summed E-state index contributed by atoms with van der Waals surface area (Å²) in [6.07, 6.45) is 2.56. The lowest BCUT2D eigenvalue weighted by Gasteiger charge is -2.19. The summed E-state index contributed by atoms with van der Waals surface area (Å²) < 4.78 is 0. The zero-order valence-corrected chi connectivity index (χ0v) is 12.7. The third-order valence-corrected chi connectivity index (χ3v) is 3.46. The first-order chi connectivity index (χ1) is 10.1. The molecule has 3 nitrogen and oxygen atoms in total. The van der Waals surface area contributed by atoms with Crippen LogP contribution in [-0.2, 0) is 0 Å². The highest BCUT2D eigenvalue weighted by atomic mass is 16.4. The van der Waals surface area contributed by atoms with Crippen LogP contribution in [0, 0.1) is 11.8 Å². The van der Waals surface area contributed by atoms with Gasteiger partial charge < -0.3 is 15.3 Å². The Balaban J connectivity index is 2.36. The van der Waals surface area contributed by atoms with E-state index in [0.29, 0.717) is 6.42 Å². The van der Waals surface area contributed by atoms with Gasteiger partial charge in [0.1, 0.15) is 12.2 Å². The quantitative estimate of drug-likeness (QED) is 0.509. The maximum atomic E-state index is 9.86. The van der Waals surface area contributed by atoms with Crippen molar-refractivity contribution in [1.82, 2.24) is 0 Å². The topological polar surface area (TPSA) is 60.7 Å². The number of hydrogen-bond donors (Lipinski definition) is 3. The molecule has 0 amide bonds. The molecule has 0 spiro atoms. The molecule has 3 unspecified atom stereocenters. The lowest BCUT2D eigenvalue weighted by atomic mass is 10.0. The van der Waals surface area contributed by atoms with Crippen molar-refractivity contribution in [1.29, 1.82) is 0 Å². The Morgan fingerprint density at radius 2 is 1.62 bits per heavy atom. The Morgan fingerprint density at radius 1 is 0.952 bits per heavy atom. The maximum absolute atomic E-state index is 9.86. The molecule has 0 fully saturated rings. The van der Waals surface area contributed by atoms with E-state index in [1.165, 1.54) is 12.8 Å². The van der Waals surface area contributed by atoms with E-state index in [4.69, 9.17) is 0 Å². The van der Waals surface area contributed by atoms with Crippen LogP contribution in [0.5, 0.6) is 0 Å². The van der Waals surface area contributed by atoms with E-state index in [1.54, 1.807) is 0 Å². The molecule has 1 rings (SSSR count). The molecule has 0 aliphatic heterocycles. The van der Waals surface area contributed by atoms with Gasteiger partial charge in [-0.1, -0.05) is 69.1 Å². The average Bonchev–Trinajstić information content (AvgIpc) is 2.52. The predicted octanol–water partition coefficient (Wildman–Crippen LogP) is 2.48. The number of hydrogen-bond acceptors (Lipinski definition) is 3. The highest BCUT2D eigenvalue weighted by Gasteiger charge is 2.22. The molecule has 0 aliphatic carbocycles. The number of benzene rings is 1. The van der Waals surface area contributed by atoms with Gasteiger partial charge in [0.15, 0.2) is 0 Å². The molecule has 3 atom stereocenters. The van der Waals surface area contributed by atoms with E-state index in [0.717, 1.165) is 24.8 Å². The van der Waals surface area contributed by atoms with Gasteiger partial charge in [0.05, 0.1) is 6.10 Å². The van der Waals surface area contributed by atoms with Crippen molar-refractivity contribution in [2.24, 2.45) is 0 Å². The summed E-state index contributed by atoms with van der Waals surface area (Å²) in [5.74, 6) is 5.38. The average molecular weight is 290 g/mol. The Labute approximate surface area is 127 Å². The van der Waals surface area contributed by atoms with E-state index in [9.17, 15) is 15.3 Å². The third kappa shape index (κ3) is 7.29. The van der Waals surface area contributed by atoms with E-state index in [2.05, 4.69) is 18.8 Å². The lowest BCUT2D eigenvalue weighted by molar-refractivity contribution is -0.0415. The predicted molar refractivity (Wildman–Crippen MR) is 84.7 cm³/mol. The number of aliphatic hydroxyl groups excluding tert-OH is 3. The molecule has 21 heavy (non-hydrogen) atoms. The number of unbranched alkanes of at least 4 members (excludes halogenated alkanes) is 4. The fraction of sp³-hybridized carbons (Fsp3) is 0.556. The van der Waals surface area contributed by atoms with Crippen LogP contribution < -0.4 is 0 Å². The molecule has 0 saturated carbocycles. The lowest BCUT2D eigenvalue weighted by Crippen LogP contribution is -2.36. The van der Waals surface area contributed by atoms with Crippen molar-refractivity contribution in [2.45, 2.75) is 63.8 Å². The fourth-order valence-corrected chi connectivity index (χ4v) is 2.10. The van der Waals surface area contributed by atoms with Crippen LogP contribution >= 0.6 is 0 Å². The first-order valence-electron chi connectivity index (χ1n) is 7.76. The zero-order chi connectivity index (χ0) is 15.5. The summed E-state index contributed by atoms with van der Waals surface area (Å²) >= 11 is 0. The second-order valence-electron chi connectivity index (χ2n) is 5.34. The molecule has 1 aromatic carbocycles. The Kier molecular flexibility index (Phi) is 8.77. The van der Waals surface area contributed by atoms with Crippen LogP contribution in [0.3, 0.4) is 0 Å². The molecular formula is C18H26O3. The first kappa shape index (κ1) is 17.7. The molecule has 3 heteroatoms. The van der Waals surface area contributed by atoms with Crippen LogP contribution in [0.4, 0.5) is 0 Å². The van der Waals surface area contributed by atoms with Gasteiger partial charge in [-0.15, -0.1) is 0 Å². The van der Waals surface area contributed by atoms with Crippen molar-refractivity contribution >= 4 is 0 Å². The molecule has 3 N–H and O–H groups in total. The van der Waals surface area contributed by atoms with E-state index in [-0.39, 0.29) is 0 Å². The largest absolute Gasteiger partial charge is 0.390 e. The van der Waals surface area contributed by atoms with Gasteiger partial charge in [-0.3, -0.25) is 0 Å². The van der Waals surface area contributed by atoms with Gasteiger partial charge in [-0.25, -0.2) is 0 Å². The maximum Gasteiger partial charge on any atom is 0.143 e. The van der Waals surface area contributed by atoms with Gasteiger partial charge in [0.2, 0.25) is 0 Å². The molecule has 0 aromatic heterocycles. The molecule has 1 aromatic rings. The summed E-state index contributed by atoms with van der Waals surface area (Å²) in [5.41, 5.74) is 0.776. The second kappa shape index (κ2) is 10.4. The van der Waals surface area contributed by atoms with E-state index < -0.39 is 18.3 Å². The Hall–Kier alpha value is -1.34. The monoisotopic (exact) mass is 290 g/mol. The minimum Gasteiger partial charge on any atom is -0.390 e. The van der Waals surface area contributed by atoms with Gasteiger partial charge in [0.25, 0.3) is 0 Å². The summed E-state index contributed by atoms with van der Waals surface area (Å²) in [5, 5.41) is 29.5. The second-order valence-corrected chi connectivity index (χ2v) is 5.34. The normalized spacial score (nSPS) is 14.9. The molecule has 0 saturated heterocycles. The van der Waals surface area contributed by atoms with Crippen LogP contribution in [0.25, 0.3) is 0 Å². The zero-order valence-electron chi connectivity index (χ0n) is 12.7. The summed E-state index contributed by atoms with van der Waals surface area (Å²) in [6, 6.07) is 9.27. The van der Waals surface area contributed by atoms with Crippen molar-refractivity contribution in [3.05, 3.63) is 35.9 Å². The van der Waals surface area contributed by atoms with E-state index in [1.807, 2.05) is 30.3 Å². The van der Waals surface area contributed by atoms with Crippen molar-refractivity contribution in [3.63, 3.8) is 0 Å². The van der Waals surface area contributed by atoms with Crippen molar-refractivity contribution in [3.8, 4) is 11.8 Å². The minimum absolute atomic E-state index is 0.495. The number of rotatable bonds is 8. The van der Waals surface area contributed by atoms with Gasteiger partial charge in [-0.2, -0.15) is 0 Å². The SMILES string of the molecule is CCCCCCCC(O)C(O)C(O)C#Cc1ccccc1. The molecule has 0 bridgehead atoms. The van der Waals surface area contributed by atoms with Crippen molar-refractivity contribution < 1.29 is 15.3 Å². The fourth-order valence-electron chi connectivity index (χ4n) is 2.10. The number of aliphatic hydroxyl groups is 3. The summed E-state index contributed by atoms with van der Waals surface area (Å²) in [6.45, 7) is 2.15. The van der Waals surface area contributed by atoms with Crippen LogP contribution in [0.15, 0.2) is 30.3 Å². The Bertz CT molecular complexity index is 433. The van der Waals surface area contributed by atoms with Crippen LogP contribution in [0.2, 0.25) is 0 Å². The van der Waals surface area contributed by atoms with Crippen molar-refractivity contribution in [2.75, 3.05) is 0 Å². The highest BCUT2D eigenvalue weighted by Crippen LogP contribution is 2.11. The van der Waals surface area contributed by atoms with E-state index >= 15 is 0 Å². The van der Waals surface area contributed by atoms with Crippen LogP contribution in [0.1, 0.15) is 51.0 Å². The summed E-state index contributed by atoms with van der Waals surface area (Å²) in [4.78, 5) is 0. The van der Waals surface area contributed by atoms with Crippen LogP contribution in [-0.4, -0.2) is 33.6 Å². The first-order valence-corrected chi connectivity index (χ1v) is 7.76.